The van der Waals surface area contributed by atoms with Crippen molar-refractivity contribution >= 4 is 0 Å². The third-order valence-electron chi connectivity index (χ3n) is 2.82. The Labute approximate surface area is 93.7 Å². The Hall–Kier alpha value is -0.120. The van der Waals surface area contributed by atoms with Crippen molar-refractivity contribution in [3.8, 4) is 0 Å². The molecular formula is C12H25NO2. The minimum atomic E-state index is -0.0413. The summed E-state index contributed by atoms with van der Waals surface area (Å²) < 4.78 is 11.3. The van der Waals surface area contributed by atoms with E-state index in [1.807, 2.05) is 6.92 Å². The fourth-order valence-corrected chi connectivity index (χ4v) is 2.05. The molecule has 0 aliphatic carbocycles. The Balaban J connectivity index is 2.41. The van der Waals surface area contributed by atoms with Gasteiger partial charge in [-0.2, -0.15) is 0 Å². The lowest BCUT2D eigenvalue weighted by atomic mass is 9.90. The van der Waals surface area contributed by atoms with E-state index in [1.54, 1.807) is 0 Å². The molecule has 3 heteroatoms. The summed E-state index contributed by atoms with van der Waals surface area (Å²) in [6, 6.07) is 0. The van der Waals surface area contributed by atoms with Crippen LogP contribution < -0.4 is 0 Å². The molecule has 90 valence electrons. The second kappa shape index (κ2) is 5.83. The van der Waals surface area contributed by atoms with Crippen molar-refractivity contribution in [1.29, 1.82) is 0 Å². The van der Waals surface area contributed by atoms with Gasteiger partial charge in [-0.25, -0.2) is 0 Å². The Bertz CT molecular complexity index is 182. The third-order valence-corrected chi connectivity index (χ3v) is 2.82. The monoisotopic (exact) mass is 215 g/mol. The highest BCUT2D eigenvalue weighted by Crippen LogP contribution is 2.29. The van der Waals surface area contributed by atoms with E-state index in [-0.39, 0.29) is 11.7 Å². The highest BCUT2D eigenvalue weighted by Gasteiger charge is 2.37. The van der Waals surface area contributed by atoms with Crippen LogP contribution in [0.1, 0.15) is 40.5 Å². The summed E-state index contributed by atoms with van der Waals surface area (Å²) >= 11 is 0. The van der Waals surface area contributed by atoms with Gasteiger partial charge >= 0.3 is 0 Å². The Kier molecular flexibility index (Phi) is 5.03. The molecule has 1 fully saturated rings. The summed E-state index contributed by atoms with van der Waals surface area (Å²) in [6.45, 7) is 12.3. The fraction of sp³-hybridized carbons (Fsp3) is 1.00. The van der Waals surface area contributed by atoms with Crippen LogP contribution in [-0.4, -0.2) is 37.6 Å². The molecular weight excluding hydrogens is 190 g/mol. The number of rotatable bonds is 5. The lowest BCUT2D eigenvalue weighted by Gasteiger charge is -2.43. The minimum absolute atomic E-state index is 0.0413. The van der Waals surface area contributed by atoms with E-state index in [2.05, 4.69) is 25.7 Å². The highest BCUT2D eigenvalue weighted by atomic mass is 16.7. The zero-order valence-corrected chi connectivity index (χ0v) is 10.6. The molecule has 0 spiro atoms. The second-order valence-electron chi connectivity index (χ2n) is 4.98. The minimum Gasteiger partial charge on any atom is -0.352 e. The normalized spacial score (nSPS) is 26.8. The topological polar surface area (TPSA) is 21.7 Å². The zero-order chi connectivity index (χ0) is 11.3. The van der Waals surface area contributed by atoms with Crippen molar-refractivity contribution in [1.82, 2.24) is 4.90 Å². The summed E-state index contributed by atoms with van der Waals surface area (Å²) in [7, 11) is 0. The van der Waals surface area contributed by atoms with Gasteiger partial charge in [0.05, 0.1) is 0 Å². The second-order valence-corrected chi connectivity index (χ2v) is 4.98. The molecule has 15 heavy (non-hydrogen) atoms. The summed E-state index contributed by atoms with van der Waals surface area (Å²) in [6.07, 6.45) is 2.45. The SMILES string of the molecule is CCCCN1COC(OCC)C(C)(C)C1. The van der Waals surface area contributed by atoms with Gasteiger partial charge in [-0.05, 0) is 13.3 Å². The lowest BCUT2D eigenvalue weighted by molar-refractivity contribution is -0.252. The number of nitrogens with zero attached hydrogens (tertiary/aromatic N) is 1. The molecule has 1 rings (SSSR count). The zero-order valence-electron chi connectivity index (χ0n) is 10.6. The molecule has 3 nitrogen and oxygen atoms in total. The summed E-state index contributed by atoms with van der Waals surface area (Å²) in [4.78, 5) is 2.37. The van der Waals surface area contributed by atoms with Crippen LogP contribution >= 0.6 is 0 Å². The molecule has 0 saturated carbocycles. The van der Waals surface area contributed by atoms with E-state index in [4.69, 9.17) is 9.47 Å². The van der Waals surface area contributed by atoms with E-state index in [0.717, 1.165) is 19.7 Å². The van der Waals surface area contributed by atoms with Crippen molar-refractivity contribution in [3.63, 3.8) is 0 Å². The Morgan fingerprint density at radius 3 is 2.67 bits per heavy atom. The van der Waals surface area contributed by atoms with Crippen molar-refractivity contribution in [2.45, 2.75) is 46.8 Å². The van der Waals surface area contributed by atoms with Crippen molar-refractivity contribution in [2.24, 2.45) is 5.41 Å². The first kappa shape index (κ1) is 12.9. The summed E-state index contributed by atoms with van der Waals surface area (Å²) in [5.41, 5.74) is 0.0992. The smallest absolute Gasteiger partial charge is 0.165 e. The molecule has 1 saturated heterocycles. The predicted octanol–water partition coefficient (Wildman–Crippen LogP) is 2.47. The number of hydrogen-bond donors (Lipinski definition) is 0. The van der Waals surface area contributed by atoms with Crippen LogP contribution in [-0.2, 0) is 9.47 Å². The molecule has 0 aromatic carbocycles. The molecule has 0 aromatic rings. The van der Waals surface area contributed by atoms with Crippen molar-refractivity contribution in [2.75, 3.05) is 26.4 Å². The van der Waals surface area contributed by atoms with Gasteiger partial charge in [0.15, 0.2) is 6.29 Å². The number of unbranched alkanes of at least 4 members (excludes halogenated alkanes) is 1. The van der Waals surface area contributed by atoms with Crippen LogP contribution in [0.3, 0.4) is 0 Å². The first-order chi connectivity index (χ1) is 7.10. The molecule has 1 atom stereocenters. The van der Waals surface area contributed by atoms with Gasteiger partial charge < -0.3 is 9.47 Å². The van der Waals surface area contributed by atoms with Crippen LogP contribution in [0.4, 0.5) is 0 Å². The van der Waals surface area contributed by atoms with Gasteiger partial charge in [0, 0.05) is 25.1 Å². The summed E-state index contributed by atoms with van der Waals surface area (Å²) in [5.74, 6) is 0. The first-order valence-electron chi connectivity index (χ1n) is 6.05. The Morgan fingerprint density at radius 1 is 1.40 bits per heavy atom. The van der Waals surface area contributed by atoms with Crippen LogP contribution in [0.25, 0.3) is 0 Å². The van der Waals surface area contributed by atoms with E-state index < -0.39 is 0 Å². The molecule has 0 aromatic heterocycles. The van der Waals surface area contributed by atoms with Gasteiger partial charge in [0.2, 0.25) is 0 Å². The molecule has 0 amide bonds. The largest absolute Gasteiger partial charge is 0.352 e. The number of hydrogen-bond acceptors (Lipinski definition) is 3. The van der Waals surface area contributed by atoms with Crippen LogP contribution in [0.15, 0.2) is 0 Å². The van der Waals surface area contributed by atoms with Crippen LogP contribution in [0, 0.1) is 5.41 Å². The van der Waals surface area contributed by atoms with E-state index in [0.29, 0.717) is 6.73 Å². The van der Waals surface area contributed by atoms with Gasteiger partial charge in [-0.15, -0.1) is 0 Å². The standard InChI is InChI=1S/C12H25NO2/c1-5-7-8-13-9-12(3,4)11(14-6-2)15-10-13/h11H,5-10H2,1-4H3. The van der Waals surface area contributed by atoms with Crippen molar-refractivity contribution in [3.05, 3.63) is 0 Å². The fourth-order valence-electron chi connectivity index (χ4n) is 2.05. The molecule has 0 N–H and O–H groups in total. The molecule has 0 bridgehead atoms. The van der Waals surface area contributed by atoms with Crippen LogP contribution in [0.5, 0.6) is 0 Å². The van der Waals surface area contributed by atoms with E-state index in [1.165, 1.54) is 12.8 Å². The predicted molar refractivity (Wildman–Crippen MR) is 61.6 cm³/mol. The molecule has 0 radical (unpaired) electrons. The first-order valence-corrected chi connectivity index (χ1v) is 6.05. The summed E-state index contributed by atoms with van der Waals surface area (Å²) in [5, 5.41) is 0. The Morgan fingerprint density at radius 2 is 2.13 bits per heavy atom. The number of ether oxygens (including phenoxy) is 2. The van der Waals surface area contributed by atoms with E-state index >= 15 is 0 Å². The molecule has 1 heterocycles. The third kappa shape index (κ3) is 3.74. The van der Waals surface area contributed by atoms with Gasteiger partial charge in [0.1, 0.15) is 6.73 Å². The maximum atomic E-state index is 5.75. The molecule has 1 aliphatic heterocycles. The van der Waals surface area contributed by atoms with E-state index in [9.17, 15) is 0 Å². The molecule has 1 aliphatic rings. The highest BCUT2D eigenvalue weighted by molar-refractivity contribution is 4.80. The average molecular weight is 215 g/mol. The maximum absolute atomic E-state index is 5.75. The maximum Gasteiger partial charge on any atom is 0.165 e. The lowest BCUT2D eigenvalue weighted by Crippen LogP contribution is -2.51. The van der Waals surface area contributed by atoms with Crippen molar-refractivity contribution < 1.29 is 9.47 Å². The van der Waals surface area contributed by atoms with Gasteiger partial charge in [-0.3, -0.25) is 4.90 Å². The van der Waals surface area contributed by atoms with Gasteiger partial charge in [-0.1, -0.05) is 27.2 Å². The average Bonchev–Trinajstić information content (AvgIpc) is 2.18. The molecule has 1 unspecified atom stereocenters. The van der Waals surface area contributed by atoms with Gasteiger partial charge in [0.25, 0.3) is 0 Å². The van der Waals surface area contributed by atoms with Crippen LogP contribution in [0.2, 0.25) is 0 Å². The quantitative estimate of drug-likeness (QED) is 0.703.